The maximum atomic E-state index is 6.52. The molecule has 0 saturated carbocycles. The predicted molar refractivity (Wildman–Crippen MR) is 109 cm³/mol. The van der Waals surface area contributed by atoms with Gasteiger partial charge in [-0.1, -0.05) is 12.1 Å². The van der Waals surface area contributed by atoms with E-state index in [2.05, 4.69) is 64.6 Å². The van der Waals surface area contributed by atoms with Crippen molar-refractivity contribution in [3.05, 3.63) is 23.8 Å². The molecule has 2 heterocycles. The Balaban J connectivity index is 1.95. The highest BCUT2D eigenvalue weighted by atomic mass is 32.2. The van der Waals surface area contributed by atoms with Crippen LogP contribution in [-0.2, 0) is 14.8 Å². The molecule has 0 radical (unpaired) electrons. The molecular weight excluding hydrogens is 331 g/mol. The van der Waals surface area contributed by atoms with Crippen molar-refractivity contribution >= 4 is 30.0 Å². The molecule has 0 spiro atoms. The summed E-state index contributed by atoms with van der Waals surface area (Å²) in [6, 6.07) is 6.51. The molecule has 0 bridgehead atoms. The fraction of sp³-hybridized carbons (Fsp3) is 0.684. The lowest BCUT2D eigenvalue weighted by atomic mass is 9.76. The molecule has 6 heteroatoms. The maximum absolute atomic E-state index is 6.52. The summed E-state index contributed by atoms with van der Waals surface area (Å²) in [5, 5.41) is 0. The van der Waals surface area contributed by atoms with E-state index in [1.54, 1.807) is 0 Å². The fourth-order valence-electron chi connectivity index (χ4n) is 3.28. The molecule has 1 aromatic carbocycles. The summed E-state index contributed by atoms with van der Waals surface area (Å²) in [6.07, 6.45) is 0. The lowest BCUT2D eigenvalue weighted by molar-refractivity contribution is 0.00578. The van der Waals surface area contributed by atoms with Gasteiger partial charge in [-0.2, -0.15) is 11.8 Å². The zero-order valence-corrected chi connectivity index (χ0v) is 17.2. The highest BCUT2D eigenvalue weighted by Crippen LogP contribution is 2.37. The van der Waals surface area contributed by atoms with Crippen LogP contribution >= 0.6 is 11.8 Å². The lowest BCUT2D eigenvalue weighted by Crippen LogP contribution is -2.41. The van der Waals surface area contributed by atoms with E-state index >= 15 is 0 Å². The van der Waals surface area contributed by atoms with E-state index in [1.807, 2.05) is 11.8 Å². The average molecular weight is 362 g/mol. The number of hydrogen-bond acceptors (Lipinski definition) is 5. The second kappa shape index (κ2) is 6.48. The van der Waals surface area contributed by atoms with Crippen LogP contribution in [0.1, 0.15) is 47.1 Å². The molecule has 25 heavy (non-hydrogen) atoms. The molecule has 4 nitrogen and oxygen atoms in total. The van der Waals surface area contributed by atoms with E-state index in [0.717, 1.165) is 24.1 Å². The Labute approximate surface area is 157 Å². The molecule has 0 unspecified atom stereocenters. The monoisotopic (exact) mass is 362 g/mol. The van der Waals surface area contributed by atoms with Gasteiger partial charge in [0, 0.05) is 35.8 Å². The highest BCUT2D eigenvalue weighted by molar-refractivity contribution is 7.99. The van der Waals surface area contributed by atoms with Crippen LogP contribution in [0, 0.1) is 0 Å². The van der Waals surface area contributed by atoms with E-state index in [9.17, 15) is 0 Å². The fourth-order valence-corrected chi connectivity index (χ4v) is 4.18. The Hall–Kier alpha value is -0.685. The number of nitrogens with two attached hydrogens (primary N) is 1. The number of thioether (sulfide) groups is 1. The second-order valence-corrected chi connectivity index (χ2v) is 9.91. The molecule has 2 aliphatic heterocycles. The number of anilines is 1. The number of rotatable bonds is 3. The summed E-state index contributed by atoms with van der Waals surface area (Å²) in [4.78, 5) is 2.45. The van der Waals surface area contributed by atoms with Crippen LogP contribution in [0.2, 0.25) is 0 Å². The molecule has 138 valence electrons. The van der Waals surface area contributed by atoms with Crippen LogP contribution in [0.5, 0.6) is 0 Å². The Morgan fingerprint density at radius 2 is 1.64 bits per heavy atom. The zero-order chi connectivity index (χ0) is 18.5. The highest BCUT2D eigenvalue weighted by Gasteiger charge is 2.51. The predicted octanol–water partition coefficient (Wildman–Crippen LogP) is 2.73. The van der Waals surface area contributed by atoms with Gasteiger partial charge >= 0.3 is 7.12 Å². The van der Waals surface area contributed by atoms with Crippen molar-refractivity contribution < 1.29 is 9.31 Å². The normalized spacial score (nSPS) is 23.2. The van der Waals surface area contributed by atoms with Gasteiger partial charge in [-0.15, -0.1) is 0 Å². The van der Waals surface area contributed by atoms with Gasteiger partial charge < -0.3 is 19.9 Å². The lowest BCUT2D eigenvalue weighted by Gasteiger charge is -2.34. The topological polar surface area (TPSA) is 47.7 Å². The quantitative estimate of drug-likeness (QED) is 0.838. The third kappa shape index (κ3) is 3.73. The molecule has 1 aromatic rings. The first kappa shape index (κ1) is 19.1. The third-order valence-electron chi connectivity index (χ3n) is 5.59. The molecule has 0 amide bonds. The van der Waals surface area contributed by atoms with E-state index < -0.39 is 5.54 Å². The van der Waals surface area contributed by atoms with Crippen molar-refractivity contribution in [1.29, 1.82) is 0 Å². The minimum atomic E-state index is -0.417. The smallest absolute Gasteiger partial charge is 0.399 e. The SMILES string of the molecule is CC(C)(N)c1cc(B2OC(C)(C)C(C)(C)O2)ccc1N1CCSCC1. The van der Waals surface area contributed by atoms with Gasteiger partial charge in [0.05, 0.1) is 11.2 Å². The van der Waals surface area contributed by atoms with Gasteiger partial charge in [-0.25, -0.2) is 0 Å². The maximum Gasteiger partial charge on any atom is 0.494 e. The summed E-state index contributed by atoms with van der Waals surface area (Å²) in [7, 11) is -0.350. The summed E-state index contributed by atoms with van der Waals surface area (Å²) < 4.78 is 12.4. The molecule has 2 saturated heterocycles. The molecule has 0 aliphatic carbocycles. The Morgan fingerprint density at radius 1 is 1.08 bits per heavy atom. The number of hydrogen-bond donors (Lipinski definition) is 1. The van der Waals surface area contributed by atoms with E-state index in [1.165, 1.54) is 17.2 Å². The Bertz CT molecular complexity index is 621. The van der Waals surface area contributed by atoms with E-state index in [-0.39, 0.29) is 18.3 Å². The Morgan fingerprint density at radius 3 is 2.16 bits per heavy atom. The van der Waals surface area contributed by atoms with Crippen molar-refractivity contribution in [2.75, 3.05) is 29.5 Å². The first-order valence-corrected chi connectivity index (χ1v) is 10.3. The molecule has 2 fully saturated rings. The summed E-state index contributed by atoms with van der Waals surface area (Å²) in [5.41, 5.74) is 8.89. The van der Waals surface area contributed by atoms with Crippen molar-refractivity contribution in [1.82, 2.24) is 0 Å². The zero-order valence-electron chi connectivity index (χ0n) is 16.4. The third-order valence-corrected chi connectivity index (χ3v) is 6.53. The van der Waals surface area contributed by atoms with Crippen molar-refractivity contribution in [3.63, 3.8) is 0 Å². The van der Waals surface area contributed by atoms with Crippen LogP contribution in [0.15, 0.2) is 18.2 Å². The average Bonchev–Trinajstić information content (AvgIpc) is 2.75. The van der Waals surface area contributed by atoms with Crippen LogP contribution < -0.4 is 16.1 Å². The number of benzene rings is 1. The molecule has 2 N–H and O–H groups in total. The number of nitrogens with zero attached hydrogens (tertiary/aromatic N) is 1. The van der Waals surface area contributed by atoms with Crippen LogP contribution in [-0.4, -0.2) is 42.9 Å². The van der Waals surface area contributed by atoms with Crippen LogP contribution in [0.25, 0.3) is 0 Å². The summed E-state index contributed by atoms with van der Waals surface area (Å²) in [5.74, 6) is 2.34. The van der Waals surface area contributed by atoms with Gasteiger partial charge in [-0.3, -0.25) is 0 Å². The molecule has 0 aromatic heterocycles. The molecular formula is C19H31BN2O2S. The minimum absolute atomic E-state index is 0.334. The largest absolute Gasteiger partial charge is 0.494 e. The van der Waals surface area contributed by atoms with Crippen molar-refractivity contribution in [2.24, 2.45) is 5.73 Å². The van der Waals surface area contributed by atoms with Gasteiger partial charge in [0.2, 0.25) is 0 Å². The summed E-state index contributed by atoms with van der Waals surface area (Å²) >= 11 is 2.02. The van der Waals surface area contributed by atoms with Gasteiger partial charge in [0.1, 0.15) is 0 Å². The van der Waals surface area contributed by atoms with Crippen LogP contribution in [0.4, 0.5) is 5.69 Å². The Kier molecular flexibility index (Phi) is 4.95. The standard InChI is InChI=1S/C19H31BN2O2S/c1-17(2,21)15-13-14(20-23-18(3,4)19(5,6)24-20)7-8-16(15)22-9-11-25-12-10-22/h7-8,13H,9-12,21H2,1-6H3. The molecule has 3 rings (SSSR count). The van der Waals surface area contributed by atoms with Crippen molar-refractivity contribution in [2.45, 2.75) is 58.3 Å². The summed E-state index contributed by atoms with van der Waals surface area (Å²) in [6.45, 7) is 14.6. The van der Waals surface area contributed by atoms with Gasteiger partial charge in [0.25, 0.3) is 0 Å². The second-order valence-electron chi connectivity index (χ2n) is 8.69. The minimum Gasteiger partial charge on any atom is -0.399 e. The molecule has 0 atom stereocenters. The van der Waals surface area contributed by atoms with Crippen LogP contribution in [0.3, 0.4) is 0 Å². The van der Waals surface area contributed by atoms with Crippen molar-refractivity contribution in [3.8, 4) is 0 Å². The van der Waals surface area contributed by atoms with E-state index in [0.29, 0.717) is 0 Å². The first-order valence-electron chi connectivity index (χ1n) is 9.13. The van der Waals surface area contributed by atoms with E-state index in [4.69, 9.17) is 15.0 Å². The van der Waals surface area contributed by atoms with Gasteiger partial charge in [0.15, 0.2) is 0 Å². The molecule has 2 aliphatic rings. The van der Waals surface area contributed by atoms with Gasteiger partial charge in [-0.05, 0) is 58.6 Å². The first-order chi connectivity index (χ1) is 11.5.